The van der Waals surface area contributed by atoms with Crippen LogP contribution in [0, 0.1) is 11.8 Å². The predicted octanol–water partition coefficient (Wildman–Crippen LogP) is -4.23. The first-order valence-electron chi connectivity index (χ1n) is 29.8. The smallest absolute Gasteiger partial charge is 0.314 e. The van der Waals surface area contributed by atoms with Gasteiger partial charge in [0.15, 0.2) is 12.6 Å². The van der Waals surface area contributed by atoms with Gasteiger partial charge in [-0.25, -0.2) is 0 Å². The van der Waals surface area contributed by atoms with E-state index in [9.17, 15) is 79.5 Å². The zero-order valence-electron chi connectivity index (χ0n) is 50.3. The maximum Gasteiger partial charge on any atom is 0.314 e. The first-order chi connectivity index (χ1) is 43.5. The number of rotatable bonds is 34. The molecule has 0 saturated carbocycles. The molecule has 13 N–H and O–H groups in total. The van der Waals surface area contributed by atoms with Crippen molar-refractivity contribution in [2.45, 2.75) is 156 Å². The fourth-order valence-electron chi connectivity index (χ4n) is 10.2. The van der Waals surface area contributed by atoms with Crippen molar-refractivity contribution < 1.29 is 117 Å². The van der Waals surface area contributed by atoms with E-state index in [1.807, 2.05) is 62.4 Å². The lowest BCUT2D eigenvalue weighted by Crippen LogP contribution is -2.68. The average molecular weight is 1320 g/mol. The number of hydrogen-bond donors (Lipinski definition) is 13. The minimum atomic E-state index is -1.93. The van der Waals surface area contributed by atoms with Crippen molar-refractivity contribution in [2.75, 3.05) is 89.7 Å². The van der Waals surface area contributed by atoms with E-state index in [0.717, 1.165) is 21.6 Å². The molecule has 91 heavy (non-hydrogen) atoms. The first kappa shape index (κ1) is 72.8. The molecule has 4 saturated heterocycles. The molecular formula is C59H82N6O24S2. The number of carbonyl (C=O) groups is 7. The van der Waals surface area contributed by atoms with Gasteiger partial charge in [0.1, 0.15) is 79.9 Å². The molecule has 0 radical (unpaired) electrons. The highest BCUT2D eigenvalue weighted by atomic mass is 33.1. The lowest BCUT2D eigenvalue weighted by atomic mass is 9.92. The van der Waals surface area contributed by atoms with Gasteiger partial charge < -0.3 is 115 Å². The highest BCUT2D eigenvalue weighted by Gasteiger charge is 2.56. The molecule has 0 aliphatic carbocycles. The molecule has 6 amide bonds. The van der Waals surface area contributed by atoms with Crippen molar-refractivity contribution in [1.29, 1.82) is 0 Å². The van der Waals surface area contributed by atoms with E-state index in [-0.39, 0.29) is 122 Å². The number of amides is 6. The summed E-state index contributed by atoms with van der Waals surface area (Å²) in [5.41, 5.74) is 3.22. The summed E-state index contributed by atoms with van der Waals surface area (Å²) >= 11 is 0. The van der Waals surface area contributed by atoms with E-state index >= 15 is 0 Å². The lowest BCUT2D eigenvalue weighted by molar-refractivity contribution is -0.350. The van der Waals surface area contributed by atoms with Gasteiger partial charge in [0, 0.05) is 66.9 Å². The molecule has 5 heterocycles. The summed E-state index contributed by atoms with van der Waals surface area (Å²) in [4.78, 5) is 91.1. The SMILES string of the molecule is CC(C)(CCC(=O)NC[C@H]1O[C@@H](O)[C@H](O)[C@@H](O)[C@@H]1O[C@@H]1O[C@H](CNC(=O)CCOCCOCCOCCOCCNC(=O)CCC(=O)N2Cc3ccccc3C#Cc3ccccc32)[C@@H](O)[C@H](O)[C@H]1O)SSCCC(=O)OC[C@@H]1[C@@H](O)[C@H](O)[C@H](O)[C@H]2NC(=O)C(=O)N12. The molecule has 5 aliphatic rings. The molecule has 504 valence electrons. The summed E-state index contributed by atoms with van der Waals surface area (Å²) in [5.74, 6) is 2.35. The number of esters is 1. The largest absolute Gasteiger partial charge is 0.463 e. The number of anilines is 1. The van der Waals surface area contributed by atoms with Gasteiger partial charge in [-0.2, -0.15) is 0 Å². The Morgan fingerprint density at radius 3 is 1.96 bits per heavy atom. The number of nitrogens with one attached hydrogen (secondary N) is 4. The Balaban J connectivity index is 0.702. The summed E-state index contributed by atoms with van der Waals surface area (Å²) in [6.45, 7) is 4.71. The van der Waals surface area contributed by atoms with E-state index in [1.54, 1.807) is 4.90 Å². The van der Waals surface area contributed by atoms with Crippen LogP contribution in [0.4, 0.5) is 5.69 Å². The molecule has 0 spiro atoms. The van der Waals surface area contributed by atoms with Crippen molar-refractivity contribution in [3.8, 4) is 11.8 Å². The van der Waals surface area contributed by atoms with Gasteiger partial charge in [-0.3, -0.25) is 33.6 Å². The van der Waals surface area contributed by atoms with Crippen LogP contribution in [0.15, 0.2) is 48.5 Å². The van der Waals surface area contributed by atoms with Crippen LogP contribution in [0.3, 0.4) is 0 Å². The molecule has 32 heteroatoms. The summed E-state index contributed by atoms with van der Waals surface area (Å²) in [5, 5.41) is 105. The molecule has 30 nitrogen and oxygen atoms in total. The summed E-state index contributed by atoms with van der Waals surface area (Å²) in [6.07, 6.45) is -23.6. The molecular weight excluding hydrogens is 1240 g/mol. The third kappa shape index (κ3) is 20.9. The van der Waals surface area contributed by atoms with Gasteiger partial charge in [0.2, 0.25) is 23.6 Å². The molecule has 5 aliphatic heterocycles. The quantitative estimate of drug-likeness (QED) is 0.0104. The fraction of sp³-hybridized carbons (Fsp3) is 0.644. The van der Waals surface area contributed by atoms with E-state index in [0.29, 0.717) is 18.7 Å². The van der Waals surface area contributed by atoms with Crippen LogP contribution in [-0.2, 0) is 78.0 Å². The Labute approximate surface area is 532 Å². The van der Waals surface area contributed by atoms with Crippen LogP contribution in [0.5, 0.6) is 0 Å². The Morgan fingerprint density at radius 2 is 1.24 bits per heavy atom. The Kier molecular flexibility index (Phi) is 28.4. The maximum absolute atomic E-state index is 13.4. The molecule has 0 aromatic heterocycles. The zero-order valence-corrected chi connectivity index (χ0v) is 51.9. The van der Waals surface area contributed by atoms with Crippen molar-refractivity contribution in [3.05, 3.63) is 65.2 Å². The number of ether oxygens (including phenoxy) is 8. The minimum absolute atomic E-state index is 0.00166. The van der Waals surface area contributed by atoms with Gasteiger partial charge in [0.05, 0.1) is 77.5 Å². The number of nitrogens with zero attached hydrogens (tertiary/aromatic N) is 2. The predicted molar refractivity (Wildman–Crippen MR) is 320 cm³/mol. The average Bonchev–Trinajstić information content (AvgIpc) is 1.66. The van der Waals surface area contributed by atoms with E-state index in [4.69, 9.17) is 37.9 Å². The zero-order chi connectivity index (χ0) is 65.8. The molecule has 0 unspecified atom stereocenters. The maximum atomic E-state index is 13.4. The topological polar surface area (TPSA) is 430 Å². The molecule has 2 aromatic rings. The second-order valence-corrected chi connectivity index (χ2v) is 25.6. The number of aliphatic hydroxyl groups is 9. The van der Waals surface area contributed by atoms with Crippen molar-refractivity contribution >= 4 is 68.7 Å². The van der Waals surface area contributed by atoms with E-state index in [2.05, 4.69) is 33.1 Å². The first-order valence-corrected chi connectivity index (χ1v) is 32.2. The number of hydrogen-bond acceptors (Lipinski definition) is 26. The van der Waals surface area contributed by atoms with E-state index < -0.39 is 133 Å². The van der Waals surface area contributed by atoms with Crippen LogP contribution in [0.1, 0.15) is 69.1 Å². The molecule has 2 aromatic carbocycles. The van der Waals surface area contributed by atoms with Gasteiger partial charge >= 0.3 is 17.8 Å². The number of aliphatic hydroxyl groups excluding tert-OH is 9. The number of benzene rings is 2. The fourth-order valence-corrected chi connectivity index (χ4v) is 12.7. The van der Waals surface area contributed by atoms with Crippen molar-refractivity contribution in [3.63, 3.8) is 0 Å². The summed E-state index contributed by atoms with van der Waals surface area (Å²) < 4.78 is 43.8. The monoisotopic (exact) mass is 1320 g/mol. The standard InChI is InChI=1S/C59H82N6O24S2/c1-59(2,91-90-28-17-44(70)86-32-37-45(71)47(73)50(76)54-63-55(79)56(80)65(37)54)18-15-41(67)62-30-39-53(49(75)51(77)57(81)87-39)89-58-52(78)48(74)46(72)38(88-58)29-61-42(68)16-20-82-22-24-84-26-27-85-25-23-83-21-19-60-40(66)13-14-43(69)64-31-35-9-4-3-7-33(35)11-12-34-8-5-6-10-36(34)64/h3-10,37-39,45-54,57-58,71-78,81H,13-32H2,1-2H3,(H,60,66)(H,61,68)(H,62,67)(H,63,79)/t37-,38-,39-,45-,46-,47+,48+,49-,50+,51-,52-,53-,54+,57-,58+/m1/s1. The van der Waals surface area contributed by atoms with Crippen LogP contribution < -0.4 is 26.2 Å². The second-order valence-electron chi connectivity index (χ2n) is 22.5. The van der Waals surface area contributed by atoms with Gasteiger partial charge in [0.25, 0.3) is 0 Å². The number of carbonyl (C=O) groups excluding carboxylic acids is 7. The third-order valence-corrected chi connectivity index (χ3v) is 18.7. The Bertz CT molecular complexity index is 2830. The number of fused-ring (bicyclic) bond motifs is 3. The molecule has 0 bridgehead atoms. The van der Waals surface area contributed by atoms with Crippen LogP contribution in [0.25, 0.3) is 0 Å². The van der Waals surface area contributed by atoms with E-state index in [1.165, 1.54) is 21.6 Å². The van der Waals surface area contributed by atoms with Gasteiger partial charge in [-0.05, 0) is 44.0 Å². The van der Waals surface area contributed by atoms with Crippen LogP contribution in [0.2, 0.25) is 0 Å². The summed E-state index contributed by atoms with van der Waals surface area (Å²) in [6, 6.07) is 13.8. The molecule has 4 fully saturated rings. The molecule has 7 rings (SSSR count). The van der Waals surface area contributed by atoms with Crippen molar-refractivity contribution in [2.24, 2.45) is 0 Å². The number of para-hydroxylation sites is 1. The number of piperidine rings is 1. The van der Waals surface area contributed by atoms with Crippen molar-refractivity contribution in [1.82, 2.24) is 26.2 Å². The van der Waals surface area contributed by atoms with Gasteiger partial charge in [-0.15, -0.1) is 0 Å². The lowest BCUT2D eigenvalue weighted by Gasteiger charge is -2.45. The minimum Gasteiger partial charge on any atom is -0.463 e. The highest BCUT2D eigenvalue weighted by Crippen LogP contribution is 2.39. The Hall–Kier alpha value is -5.65. The summed E-state index contributed by atoms with van der Waals surface area (Å²) in [7, 11) is 2.68. The Morgan fingerprint density at radius 1 is 0.637 bits per heavy atom. The second kappa shape index (κ2) is 35.6. The van der Waals surface area contributed by atoms with Gasteiger partial charge in [-0.1, -0.05) is 63.8 Å². The highest BCUT2D eigenvalue weighted by molar-refractivity contribution is 8.77. The third-order valence-electron chi connectivity index (χ3n) is 15.3. The molecule has 15 atom stereocenters. The van der Waals surface area contributed by atoms with Crippen LogP contribution in [-0.4, -0.2) is 274 Å². The van der Waals surface area contributed by atoms with Crippen LogP contribution >= 0.6 is 21.6 Å². The normalized spacial score (nSPS) is 27.8.